The number of β-amino-alcohol motifs (C(OH)–C–C–N with tert-alkyl or cyclic N) is 1. The van der Waals surface area contributed by atoms with Crippen LogP contribution in [0.25, 0.3) is 0 Å². The first-order valence-electron chi connectivity index (χ1n) is 8.08. The van der Waals surface area contributed by atoms with Gasteiger partial charge in [0, 0.05) is 23.3 Å². The molecule has 0 radical (unpaired) electrons. The summed E-state index contributed by atoms with van der Waals surface area (Å²) in [7, 11) is 0. The maximum absolute atomic E-state index is 12.3. The van der Waals surface area contributed by atoms with Crippen LogP contribution < -0.4 is 16.4 Å². The number of hydrogen-bond donors (Lipinski definition) is 5. The normalized spacial score (nSPS) is 12.6. The van der Waals surface area contributed by atoms with E-state index in [0.717, 1.165) is 0 Å². The molecule has 134 valence electrons. The summed E-state index contributed by atoms with van der Waals surface area (Å²) >= 11 is 0. The van der Waals surface area contributed by atoms with Gasteiger partial charge >= 0.3 is 0 Å². The van der Waals surface area contributed by atoms with Crippen molar-refractivity contribution in [3.05, 3.63) is 53.6 Å². The Morgan fingerprint density at radius 2 is 1.80 bits per heavy atom. The van der Waals surface area contributed by atoms with E-state index in [1.807, 2.05) is 20.8 Å². The fourth-order valence-electron chi connectivity index (χ4n) is 2.21. The number of aromatic hydroxyl groups is 1. The number of rotatable bonds is 5. The first-order valence-corrected chi connectivity index (χ1v) is 8.08. The van der Waals surface area contributed by atoms with E-state index >= 15 is 0 Å². The van der Waals surface area contributed by atoms with Gasteiger partial charge in [-0.2, -0.15) is 0 Å². The van der Waals surface area contributed by atoms with E-state index in [4.69, 9.17) is 5.73 Å². The molecular weight excluding hydrogens is 318 g/mol. The number of aliphatic hydroxyl groups is 1. The highest BCUT2D eigenvalue weighted by atomic mass is 16.3. The molecule has 0 aliphatic carbocycles. The largest absolute Gasteiger partial charge is 0.506 e. The number of anilines is 2. The average molecular weight is 343 g/mol. The lowest BCUT2D eigenvalue weighted by Gasteiger charge is -2.23. The minimum Gasteiger partial charge on any atom is -0.506 e. The fraction of sp³-hybridized carbons (Fsp3) is 0.316. The molecule has 0 aliphatic heterocycles. The van der Waals surface area contributed by atoms with Crippen molar-refractivity contribution >= 4 is 17.3 Å². The van der Waals surface area contributed by atoms with E-state index in [-0.39, 0.29) is 22.9 Å². The van der Waals surface area contributed by atoms with Crippen LogP contribution in [0, 0.1) is 0 Å². The monoisotopic (exact) mass is 343 g/mol. The smallest absolute Gasteiger partial charge is 0.255 e. The van der Waals surface area contributed by atoms with Gasteiger partial charge in [0.1, 0.15) is 5.75 Å². The SMILES string of the molecule is CC(C)(C)NCC(O)c1ccc(O)c(NC(=O)c2ccc(N)cc2)c1. The van der Waals surface area contributed by atoms with Crippen LogP contribution in [0.2, 0.25) is 0 Å². The standard InChI is InChI=1S/C19H25N3O3/c1-19(2,3)21-11-17(24)13-6-9-16(23)15(10-13)22-18(25)12-4-7-14(20)8-5-12/h4-10,17,21,23-24H,11,20H2,1-3H3,(H,22,25). The molecule has 2 rings (SSSR count). The van der Waals surface area contributed by atoms with Crippen molar-refractivity contribution in [1.82, 2.24) is 5.32 Å². The Kier molecular flexibility index (Phi) is 5.66. The van der Waals surface area contributed by atoms with E-state index in [0.29, 0.717) is 23.4 Å². The summed E-state index contributed by atoms with van der Waals surface area (Å²) in [5.41, 5.74) is 7.32. The van der Waals surface area contributed by atoms with Crippen LogP contribution in [0.5, 0.6) is 5.75 Å². The van der Waals surface area contributed by atoms with Gasteiger partial charge in [-0.15, -0.1) is 0 Å². The summed E-state index contributed by atoms with van der Waals surface area (Å²) in [5.74, 6) is -0.432. The Morgan fingerprint density at radius 1 is 1.16 bits per heavy atom. The quantitative estimate of drug-likeness (QED) is 0.424. The summed E-state index contributed by atoms with van der Waals surface area (Å²) in [6, 6.07) is 11.1. The molecule has 6 nitrogen and oxygen atoms in total. The molecule has 2 aromatic rings. The molecule has 0 heterocycles. The molecule has 0 saturated heterocycles. The van der Waals surface area contributed by atoms with Crippen molar-refractivity contribution in [2.75, 3.05) is 17.6 Å². The molecule has 1 atom stereocenters. The second kappa shape index (κ2) is 7.55. The van der Waals surface area contributed by atoms with E-state index in [9.17, 15) is 15.0 Å². The number of hydrogen-bond acceptors (Lipinski definition) is 5. The molecule has 0 aromatic heterocycles. The van der Waals surface area contributed by atoms with E-state index < -0.39 is 6.10 Å². The second-order valence-electron chi connectivity index (χ2n) is 7.00. The number of nitrogens with two attached hydrogens (primary N) is 1. The van der Waals surface area contributed by atoms with Gasteiger partial charge in [0.25, 0.3) is 5.91 Å². The number of aliphatic hydroxyl groups excluding tert-OH is 1. The third kappa shape index (κ3) is 5.48. The highest BCUT2D eigenvalue weighted by Crippen LogP contribution is 2.27. The maximum Gasteiger partial charge on any atom is 0.255 e. The zero-order chi connectivity index (χ0) is 18.6. The van der Waals surface area contributed by atoms with Crippen LogP contribution in [-0.4, -0.2) is 28.2 Å². The molecular formula is C19H25N3O3. The van der Waals surface area contributed by atoms with Gasteiger partial charge in [-0.05, 0) is 62.7 Å². The zero-order valence-corrected chi connectivity index (χ0v) is 14.7. The van der Waals surface area contributed by atoms with Crippen LogP contribution in [0.1, 0.15) is 42.8 Å². The number of phenols is 1. The van der Waals surface area contributed by atoms with Crippen molar-refractivity contribution in [2.45, 2.75) is 32.4 Å². The molecule has 0 spiro atoms. The minimum absolute atomic E-state index is 0.0662. The predicted octanol–water partition coefficient (Wildman–Crippen LogP) is 2.65. The lowest BCUT2D eigenvalue weighted by molar-refractivity contribution is 0.102. The molecule has 0 aliphatic rings. The van der Waals surface area contributed by atoms with Crippen molar-refractivity contribution in [3.8, 4) is 5.75 Å². The van der Waals surface area contributed by atoms with Gasteiger partial charge < -0.3 is 26.6 Å². The van der Waals surface area contributed by atoms with Crippen LogP contribution in [-0.2, 0) is 0 Å². The molecule has 25 heavy (non-hydrogen) atoms. The minimum atomic E-state index is -0.757. The molecule has 2 aromatic carbocycles. The topological polar surface area (TPSA) is 108 Å². The lowest BCUT2D eigenvalue weighted by Crippen LogP contribution is -2.38. The summed E-state index contributed by atoms with van der Waals surface area (Å²) in [6.45, 7) is 6.39. The Hall–Kier alpha value is -2.57. The number of nitrogen functional groups attached to an aromatic ring is 1. The Morgan fingerprint density at radius 3 is 2.40 bits per heavy atom. The van der Waals surface area contributed by atoms with Crippen LogP contribution in [0.3, 0.4) is 0 Å². The summed E-state index contributed by atoms with van der Waals surface area (Å²) in [6.07, 6.45) is -0.757. The van der Waals surface area contributed by atoms with Gasteiger partial charge in [-0.25, -0.2) is 0 Å². The predicted molar refractivity (Wildman–Crippen MR) is 99.6 cm³/mol. The van der Waals surface area contributed by atoms with E-state index in [2.05, 4.69) is 10.6 Å². The van der Waals surface area contributed by atoms with Crippen molar-refractivity contribution in [3.63, 3.8) is 0 Å². The van der Waals surface area contributed by atoms with Gasteiger partial charge in [-0.3, -0.25) is 4.79 Å². The summed E-state index contributed by atoms with van der Waals surface area (Å²) in [5, 5.41) is 26.2. The van der Waals surface area contributed by atoms with Crippen molar-refractivity contribution in [2.24, 2.45) is 0 Å². The number of carbonyl (C=O) groups is 1. The fourth-order valence-corrected chi connectivity index (χ4v) is 2.21. The van der Waals surface area contributed by atoms with E-state index in [1.54, 1.807) is 36.4 Å². The first-order chi connectivity index (χ1) is 11.7. The first kappa shape index (κ1) is 18.8. The van der Waals surface area contributed by atoms with Gasteiger partial charge in [-0.1, -0.05) is 6.07 Å². The van der Waals surface area contributed by atoms with Gasteiger partial charge in [0.05, 0.1) is 11.8 Å². The number of benzene rings is 2. The molecule has 1 unspecified atom stereocenters. The number of nitrogens with one attached hydrogen (secondary N) is 2. The molecule has 6 N–H and O–H groups in total. The Balaban J connectivity index is 2.13. The van der Waals surface area contributed by atoms with Crippen LogP contribution >= 0.6 is 0 Å². The second-order valence-corrected chi connectivity index (χ2v) is 7.00. The van der Waals surface area contributed by atoms with Crippen LogP contribution in [0.15, 0.2) is 42.5 Å². The van der Waals surface area contributed by atoms with Crippen molar-refractivity contribution < 1.29 is 15.0 Å². The van der Waals surface area contributed by atoms with Gasteiger partial charge in [0.15, 0.2) is 0 Å². The molecule has 0 bridgehead atoms. The molecule has 0 fully saturated rings. The third-order valence-corrected chi connectivity index (χ3v) is 3.65. The van der Waals surface area contributed by atoms with Gasteiger partial charge in [0.2, 0.25) is 0 Å². The Bertz CT molecular complexity index is 737. The molecule has 6 heteroatoms. The highest BCUT2D eigenvalue weighted by Gasteiger charge is 2.16. The lowest BCUT2D eigenvalue weighted by atomic mass is 10.0. The average Bonchev–Trinajstić information content (AvgIpc) is 2.54. The zero-order valence-electron chi connectivity index (χ0n) is 14.7. The maximum atomic E-state index is 12.3. The van der Waals surface area contributed by atoms with Crippen LogP contribution in [0.4, 0.5) is 11.4 Å². The highest BCUT2D eigenvalue weighted by molar-refractivity contribution is 6.05. The third-order valence-electron chi connectivity index (χ3n) is 3.65. The molecule has 0 saturated carbocycles. The number of carbonyl (C=O) groups excluding carboxylic acids is 1. The number of phenolic OH excluding ortho intramolecular Hbond substituents is 1. The summed E-state index contributed by atoms with van der Waals surface area (Å²) < 4.78 is 0. The Labute approximate surface area is 147 Å². The van der Waals surface area contributed by atoms with E-state index in [1.165, 1.54) is 6.07 Å². The number of amides is 1. The summed E-state index contributed by atoms with van der Waals surface area (Å²) in [4.78, 5) is 12.3. The van der Waals surface area contributed by atoms with Crippen molar-refractivity contribution in [1.29, 1.82) is 0 Å². The molecule has 1 amide bonds.